The van der Waals surface area contributed by atoms with Crippen molar-refractivity contribution in [3.05, 3.63) is 29.8 Å². The summed E-state index contributed by atoms with van der Waals surface area (Å²) in [5.74, 6) is -3.39. The Hall–Kier alpha value is -4.59. The highest BCUT2D eigenvalue weighted by molar-refractivity contribution is 5.94. The zero-order chi connectivity index (χ0) is 72.5. The van der Waals surface area contributed by atoms with Crippen LogP contribution >= 0.6 is 0 Å². The summed E-state index contributed by atoms with van der Waals surface area (Å²) in [5.41, 5.74) is 0.0681. The van der Waals surface area contributed by atoms with Gasteiger partial charge in [-0.3, -0.25) is 24.0 Å². The standard InChI is InChI=1S/C64H105N5O30/c1-9-10-11-12-13-14-15-16-17-21-88-35-20-18-19-34(22-35)59(86)69-42-48(80)47(79)36(23-70)92-60(42)96-54-37(24-71)93-61(43(50(54)82)66-31(5)75)97-55-38(25-72)94-62(44(51(55)83)67-32(6)76)98-56-39(26-73)95-63(45(52(56)84)68-33(7)77)99-57-40(90-28(2)41(49(57)81)65-30(4)74)27-89-64-58(87-8)53(85)46(78)29(3)91-64/h18-20,22,28-29,36-58,60-64,70-73,78-85H,9-17,21,23-27H2,1-8H3,(H,65,74)(H,66,75)(H,67,76)(H,68,77)(H,69,86)/t28?,29?,36?,37-,38?,39-,40?,41?,42?,43?,44?,45?,46?,47?,48?,49?,50?,51?,52?,53?,54?,55?,56?,57?,58?,60?,61-,62?,63-,64?/m0/s1. The lowest BCUT2D eigenvalue weighted by Gasteiger charge is -2.51. The van der Waals surface area contributed by atoms with Crippen LogP contribution in [0, 0.1) is 0 Å². The number of methoxy groups -OCH3 is 1. The van der Waals surface area contributed by atoms with Crippen molar-refractivity contribution >= 4 is 29.5 Å². The molecular weight excluding hydrogens is 1320 g/mol. The number of aliphatic hydroxyl groups excluding tert-OH is 12. The van der Waals surface area contributed by atoms with Crippen LogP contribution in [0.3, 0.4) is 0 Å². The number of rotatable bonds is 33. The van der Waals surface area contributed by atoms with Crippen molar-refractivity contribution in [1.29, 1.82) is 0 Å². The van der Waals surface area contributed by atoms with Gasteiger partial charge in [0.25, 0.3) is 5.91 Å². The maximum atomic E-state index is 14.0. The molecule has 1 aromatic rings. The molecule has 7 rings (SSSR count). The van der Waals surface area contributed by atoms with Gasteiger partial charge < -0.3 is 149 Å². The molecule has 26 unspecified atom stereocenters. The summed E-state index contributed by atoms with van der Waals surface area (Å²) in [4.78, 5) is 65.3. The van der Waals surface area contributed by atoms with Gasteiger partial charge in [0.15, 0.2) is 31.5 Å². The molecule has 99 heavy (non-hydrogen) atoms. The number of hydrogen-bond donors (Lipinski definition) is 17. The number of carbonyl (C=O) groups is 5. The van der Waals surface area contributed by atoms with E-state index in [1.807, 2.05) is 0 Å². The topological polar surface area (TPSA) is 508 Å². The maximum Gasteiger partial charge on any atom is 0.251 e. The summed E-state index contributed by atoms with van der Waals surface area (Å²) in [7, 11) is 1.25. The molecule has 0 saturated carbocycles. The Kier molecular flexibility index (Phi) is 32.0. The summed E-state index contributed by atoms with van der Waals surface area (Å²) >= 11 is 0. The first-order valence-corrected chi connectivity index (χ1v) is 33.9. The van der Waals surface area contributed by atoms with Crippen LogP contribution in [-0.4, -0.2) is 321 Å². The van der Waals surface area contributed by atoms with Gasteiger partial charge >= 0.3 is 0 Å². The summed E-state index contributed by atoms with van der Waals surface area (Å²) in [5, 5.41) is 148. The highest BCUT2D eigenvalue weighted by atomic mass is 16.8. The monoisotopic (exact) mass is 1420 g/mol. The van der Waals surface area contributed by atoms with Crippen LogP contribution in [0.15, 0.2) is 24.3 Å². The van der Waals surface area contributed by atoms with Gasteiger partial charge in [0, 0.05) is 40.4 Å². The van der Waals surface area contributed by atoms with Gasteiger partial charge in [-0.25, -0.2) is 0 Å². The minimum absolute atomic E-state index is 0.0681. The molecule has 0 aliphatic carbocycles. The van der Waals surface area contributed by atoms with E-state index in [0.29, 0.717) is 12.4 Å². The second kappa shape index (κ2) is 38.8. The van der Waals surface area contributed by atoms with Gasteiger partial charge in [-0.2, -0.15) is 0 Å². The van der Waals surface area contributed by atoms with Crippen molar-refractivity contribution in [2.24, 2.45) is 0 Å². The normalized spacial score (nSPS) is 39.5. The van der Waals surface area contributed by atoms with Crippen molar-refractivity contribution in [3.8, 4) is 5.75 Å². The molecule has 6 aliphatic heterocycles. The van der Waals surface area contributed by atoms with E-state index in [1.54, 1.807) is 19.1 Å². The molecule has 6 heterocycles. The van der Waals surface area contributed by atoms with E-state index in [4.69, 9.17) is 61.6 Å². The van der Waals surface area contributed by atoms with E-state index < -0.39 is 246 Å². The average Bonchev–Trinajstić information content (AvgIpc) is 0.771. The van der Waals surface area contributed by atoms with Crippen molar-refractivity contribution in [2.75, 3.05) is 46.8 Å². The first-order valence-electron chi connectivity index (χ1n) is 33.9. The first-order chi connectivity index (χ1) is 47.2. The Morgan fingerprint density at radius 2 is 0.828 bits per heavy atom. The second-order valence-electron chi connectivity index (χ2n) is 26.0. The average molecular weight is 1420 g/mol. The van der Waals surface area contributed by atoms with Gasteiger partial charge in [0.05, 0.1) is 57.9 Å². The van der Waals surface area contributed by atoms with E-state index in [2.05, 4.69) is 33.5 Å². The first kappa shape index (κ1) is 81.7. The number of hydrogen-bond acceptors (Lipinski definition) is 30. The number of carbonyl (C=O) groups excluding carboxylic acids is 5. The minimum Gasteiger partial charge on any atom is -0.494 e. The van der Waals surface area contributed by atoms with Crippen LogP contribution in [0.25, 0.3) is 0 Å². The molecule has 0 bridgehead atoms. The molecule has 35 heteroatoms. The predicted octanol–water partition coefficient (Wildman–Crippen LogP) is -5.43. The Labute approximate surface area is 573 Å². The van der Waals surface area contributed by atoms with Crippen LogP contribution in [-0.2, 0) is 76.0 Å². The third-order valence-electron chi connectivity index (χ3n) is 18.4. The quantitative estimate of drug-likeness (QED) is 0.0292. The number of nitrogens with one attached hydrogen (secondary N) is 5. The maximum absolute atomic E-state index is 14.0. The summed E-state index contributed by atoms with van der Waals surface area (Å²) < 4.78 is 78.9. The Morgan fingerprint density at radius 3 is 1.26 bits per heavy atom. The Morgan fingerprint density at radius 1 is 0.424 bits per heavy atom. The highest BCUT2D eigenvalue weighted by Gasteiger charge is 2.58. The lowest BCUT2D eigenvalue weighted by molar-refractivity contribution is -0.366. The summed E-state index contributed by atoms with van der Waals surface area (Å²) in [6.45, 7) is 5.60. The largest absolute Gasteiger partial charge is 0.494 e. The molecule has 6 fully saturated rings. The molecule has 17 N–H and O–H groups in total. The SMILES string of the molecule is CCCCCCCCCCCOc1cccc(C(=O)NC2C(OC3C(O)C(NC(C)=O)[C@H](OC4C(CO)OC(OC5C(O)C(NC(C)=O)[C@H](OC6C(COC7OC(C)C(O)C(O)C7OC)OC(C)C(NC(C)=O)C6O)O[C@H]5CO)C(NC(C)=O)C4O)O[C@H]3CO)OC(CO)C(O)C2O)c1. The molecule has 0 aromatic heterocycles. The zero-order valence-electron chi connectivity index (χ0n) is 57.0. The molecule has 5 amide bonds. The van der Waals surface area contributed by atoms with Crippen molar-refractivity contribution < 1.29 is 147 Å². The fourth-order valence-corrected chi connectivity index (χ4v) is 13.2. The molecular formula is C64H105N5O30. The number of ether oxygens (including phenoxy) is 13. The van der Waals surface area contributed by atoms with Gasteiger partial charge in [-0.1, -0.05) is 64.4 Å². The highest BCUT2D eigenvalue weighted by Crippen LogP contribution is 2.37. The molecule has 566 valence electrons. The number of unbranched alkanes of at least 4 members (excludes halogenated alkanes) is 8. The second-order valence-corrected chi connectivity index (χ2v) is 26.0. The van der Waals surface area contributed by atoms with Crippen molar-refractivity contribution in [3.63, 3.8) is 0 Å². The molecule has 0 spiro atoms. The van der Waals surface area contributed by atoms with Gasteiger partial charge in [0.1, 0.15) is 140 Å². The smallest absolute Gasteiger partial charge is 0.251 e. The van der Waals surface area contributed by atoms with Crippen molar-refractivity contribution in [2.45, 2.75) is 290 Å². The van der Waals surface area contributed by atoms with Crippen molar-refractivity contribution in [1.82, 2.24) is 26.6 Å². The van der Waals surface area contributed by atoms with E-state index in [0.717, 1.165) is 46.5 Å². The van der Waals surface area contributed by atoms with Crippen LogP contribution in [0.5, 0.6) is 5.75 Å². The van der Waals surface area contributed by atoms with Gasteiger partial charge in [0.2, 0.25) is 23.6 Å². The van der Waals surface area contributed by atoms with E-state index >= 15 is 0 Å². The third kappa shape index (κ3) is 21.1. The van der Waals surface area contributed by atoms with E-state index in [9.17, 15) is 85.3 Å². The Bertz CT molecular complexity index is 2680. The summed E-state index contributed by atoms with van der Waals surface area (Å²) in [6.07, 6.45) is -31.0. The van der Waals surface area contributed by atoms with Gasteiger partial charge in [-0.15, -0.1) is 0 Å². The molecule has 1 aromatic carbocycles. The minimum atomic E-state index is -2.04. The third-order valence-corrected chi connectivity index (χ3v) is 18.4. The van der Waals surface area contributed by atoms with E-state index in [1.165, 1.54) is 65.2 Å². The molecule has 30 atom stereocenters. The molecule has 6 saturated heterocycles. The Balaban J connectivity index is 1.07. The molecule has 35 nitrogen and oxygen atoms in total. The zero-order valence-corrected chi connectivity index (χ0v) is 57.0. The predicted molar refractivity (Wildman–Crippen MR) is 337 cm³/mol. The molecule has 0 radical (unpaired) electrons. The lowest BCUT2D eigenvalue weighted by Crippen LogP contribution is -2.72. The summed E-state index contributed by atoms with van der Waals surface area (Å²) in [6, 6.07) is -1.80. The number of benzene rings is 1. The number of aliphatic hydroxyl groups is 12. The van der Waals surface area contributed by atoms with Crippen LogP contribution in [0.2, 0.25) is 0 Å². The van der Waals surface area contributed by atoms with Crippen LogP contribution in [0.4, 0.5) is 0 Å². The van der Waals surface area contributed by atoms with E-state index in [-0.39, 0.29) is 5.56 Å². The number of amides is 5. The molecule has 6 aliphatic rings. The fourth-order valence-electron chi connectivity index (χ4n) is 13.2. The van der Waals surface area contributed by atoms with Gasteiger partial charge in [-0.05, 0) is 38.5 Å². The van der Waals surface area contributed by atoms with Crippen LogP contribution < -0.4 is 31.3 Å². The van der Waals surface area contributed by atoms with Crippen LogP contribution in [0.1, 0.15) is 117 Å². The fraction of sp³-hybridized carbons (Fsp3) is 0.828. The lowest BCUT2D eigenvalue weighted by atomic mass is 9.92.